The van der Waals surface area contributed by atoms with Crippen LogP contribution in [-0.4, -0.2) is 45.7 Å². The van der Waals surface area contributed by atoms with Crippen LogP contribution >= 0.6 is 0 Å². The van der Waals surface area contributed by atoms with Crippen LogP contribution in [0.5, 0.6) is 0 Å². The number of nitro groups is 1. The average Bonchev–Trinajstić information content (AvgIpc) is 2.53. The summed E-state index contributed by atoms with van der Waals surface area (Å²) in [6.07, 6.45) is 1.92. The molecule has 1 aliphatic rings. The van der Waals surface area contributed by atoms with E-state index >= 15 is 0 Å². The number of rotatable bonds is 7. The Morgan fingerprint density at radius 1 is 1.30 bits per heavy atom. The van der Waals surface area contributed by atoms with Gasteiger partial charge in [0.1, 0.15) is 0 Å². The Hall–Kier alpha value is -1.55. The summed E-state index contributed by atoms with van der Waals surface area (Å²) >= 11 is 0. The molecule has 0 bridgehead atoms. The molecule has 8 nitrogen and oxygen atoms in total. The first kappa shape index (κ1) is 17.8. The monoisotopic (exact) mass is 343 g/mol. The molecule has 2 rings (SSSR count). The maximum Gasteiger partial charge on any atom is 0.269 e. The third-order valence-electron chi connectivity index (χ3n) is 4.05. The van der Waals surface area contributed by atoms with E-state index < -0.39 is 20.5 Å². The van der Waals surface area contributed by atoms with E-state index in [0.29, 0.717) is 25.9 Å². The minimum Gasteiger partial charge on any atom is -0.385 e. The summed E-state index contributed by atoms with van der Waals surface area (Å²) in [5.74, 6) is 0. The molecule has 0 spiro atoms. The Morgan fingerprint density at radius 3 is 2.43 bits per heavy atom. The lowest BCUT2D eigenvalue weighted by Crippen LogP contribution is -2.54. The Morgan fingerprint density at radius 2 is 1.91 bits per heavy atom. The lowest BCUT2D eigenvalue weighted by Gasteiger charge is -2.38. The summed E-state index contributed by atoms with van der Waals surface area (Å²) < 4.78 is 33.1. The molecule has 9 heteroatoms. The molecule has 0 aliphatic carbocycles. The van der Waals surface area contributed by atoms with Gasteiger partial charge in [-0.05, 0) is 44.5 Å². The fourth-order valence-corrected chi connectivity index (χ4v) is 4.19. The molecule has 0 atom stereocenters. The van der Waals surface area contributed by atoms with Gasteiger partial charge in [-0.25, -0.2) is 13.1 Å². The minimum absolute atomic E-state index is 0.0263. The highest BCUT2D eigenvalue weighted by atomic mass is 32.2. The van der Waals surface area contributed by atoms with E-state index in [0.717, 1.165) is 13.1 Å². The molecule has 1 heterocycles. The van der Waals surface area contributed by atoms with Gasteiger partial charge in [0, 0.05) is 31.4 Å². The number of benzene rings is 1. The Bertz CT molecular complexity index is 639. The molecule has 1 saturated heterocycles. The Balaban J connectivity index is 2.21. The van der Waals surface area contributed by atoms with Gasteiger partial charge in [0.25, 0.3) is 5.69 Å². The van der Waals surface area contributed by atoms with E-state index in [9.17, 15) is 18.5 Å². The molecule has 0 aromatic heterocycles. The number of piperidine rings is 1. The highest BCUT2D eigenvalue weighted by molar-refractivity contribution is 7.89. The maximum atomic E-state index is 12.6. The highest BCUT2D eigenvalue weighted by Crippen LogP contribution is 2.26. The van der Waals surface area contributed by atoms with Crippen LogP contribution in [0.3, 0.4) is 0 Å². The zero-order valence-corrected chi connectivity index (χ0v) is 13.8. The predicted molar refractivity (Wildman–Crippen MR) is 84.7 cm³/mol. The fraction of sp³-hybridized carbons (Fsp3) is 0.571. The van der Waals surface area contributed by atoms with Crippen molar-refractivity contribution >= 4 is 15.7 Å². The second-order valence-corrected chi connectivity index (χ2v) is 7.31. The summed E-state index contributed by atoms with van der Waals surface area (Å²) in [5, 5.41) is 13.9. The van der Waals surface area contributed by atoms with Crippen molar-refractivity contribution in [2.24, 2.45) is 0 Å². The van der Waals surface area contributed by atoms with Crippen LogP contribution in [0, 0.1) is 10.1 Å². The molecule has 0 saturated carbocycles. The van der Waals surface area contributed by atoms with Crippen molar-refractivity contribution in [3.63, 3.8) is 0 Å². The van der Waals surface area contributed by atoms with Gasteiger partial charge in [-0.1, -0.05) is 0 Å². The van der Waals surface area contributed by atoms with Crippen molar-refractivity contribution in [3.05, 3.63) is 34.4 Å². The van der Waals surface area contributed by atoms with E-state index in [1.807, 2.05) is 0 Å². The molecule has 2 N–H and O–H groups in total. The van der Waals surface area contributed by atoms with Gasteiger partial charge < -0.3 is 10.1 Å². The third-order valence-corrected chi connectivity index (χ3v) is 5.65. The first-order valence-corrected chi connectivity index (χ1v) is 8.85. The summed E-state index contributed by atoms with van der Waals surface area (Å²) in [6.45, 7) is 1.92. The largest absolute Gasteiger partial charge is 0.385 e. The molecule has 1 fully saturated rings. The van der Waals surface area contributed by atoms with Crippen LogP contribution in [0.25, 0.3) is 0 Å². The van der Waals surface area contributed by atoms with Crippen LogP contribution in [0.15, 0.2) is 29.2 Å². The van der Waals surface area contributed by atoms with Gasteiger partial charge in [-0.15, -0.1) is 0 Å². The summed E-state index contributed by atoms with van der Waals surface area (Å²) in [4.78, 5) is 10.1. The zero-order valence-electron chi connectivity index (χ0n) is 12.9. The van der Waals surface area contributed by atoms with Crippen molar-refractivity contribution in [2.75, 3.05) is 26.8 Å². The number of hydrogen-bond acceptors (Lipinski definition) is 6. The molecule has 128 valence electrons. The van der Waals surface area contributed by atoms with Crippen LogP contribution < -0.4 is 10.0 Å². The molecule has 0 unspecified atom stereocenters. The molecule has 23 heavy (non-hydrogen) atoms. The number of nitro benzene ring substituents is 1. The van der Waals surface area contributed by atoms with E-state index in [4.69, 9.17) is 4.74 Å². The predicted octanol–water partition coefficient (Wildman–Crippen LogP) is 1.03. The SMILES string of the molecule is COCCC1(NS(=O)(=O)c2ccc([N+](=O)[O-])cc2)CCNCC1. The van der Waals surface area contributed by atoms with Crippen molar-refractivity contribution < 1.29 is 18.1 Å². The van der Waals surface area contributed by atoms with Crippen LogP contribution in [0.1, 0.15) is 19.3 Å². The van der Waals surface area contributed by atoms with Gasteiger partial charge in [0.2, 0.25) is 10.0 Å². The van der Waals surface area contributed by atoms with Crippen molar-refractivity contribution in [2.45, 2.75) is 29.7 Å². The molecular formula is C14H21N3O5S. The number of nitrogens with zero attached hydrogens (tertiary/aromatic N) is 1. The normalized spacial score (nSPS) is 17.8. The molecule has 1 aliphatic heterocycles. The second-order valence-electron chi connectivity index (χ2n) is 5.63. The van der Waals surface area contributed by atoms with E-state index in [1.165, 1.54) is 24.3 Å². The Kier molecular flexibility index (Phi) is 5.69. The lowest BCUT2D eigenvalue weighted by atomic mass is 9.87. The number of methoxy groups -OCH3 is 1. The van der Waals surface area contributed by atoms with Crippen LogP contribution in [0.4, 0.5) is 5.69 Å². The van der Waals surface area contributed by atoms with E-state index in [-0.39, 0.29) is 10.6 Å². The number of hydrogen-bond donors (Lipinski definition) is 2. The van der Waals surface area contributed by atoms with Gasteiger partial charge in [0.05, 0.1) is 9.82 Å². The third kappa shape index (κ3) is 4.47. The highest BCUT2D eigenvalue weighted by Gasteiger charge is 2.36. The van der Waals surface area contributed by atoms with Crippen molar-refractivity contribution in [3.8, 4) is 0 Å². The molecule has 0 radical (unpaired) electrons. The van der Waals surface area contributed by atoms with Crippen molar-refractivity contribution in [1.29, 1.82) is 0 Å². The first-order valence-electron chi connectivity index (χ1n) is 7.37. The number of non-ortho nitro benzene ring substituents is 1. The summed E-state index contributed by atoms with van der Waals surface area (Å²) in [7, 11) is -2.16. The fourth-order valence-electron chi connectivity index (χ4n) is 2.70. The van der Waals surface area contributed by atoms with E-state index in [1.54, 1.807) is 7.11 Å². The standard InChI is InChI=1S/C14H21N3O5S/c1-22-11-8-14(6-9-15-10-7-14)16-23(20,21)13-4-2-12(3-5-13)17(18)19/h2-5,15-16H,6-11H2,1H3. The quantitative estimate of drug-likeness (QED) is 0.565. The van der Waals surface area contributed by atoms with Gasteiger partial charge in [-0.2, -0.15) is 0 Å². The van der Waals surface area contributed by atoms with Crippen LogP contribution in [-0.2, 0) is 14.8 Å². The second kappa shape index (κ2) is 7.35. The minimum atomic E-state index is -3.75. The van der Waals surface area contributed by atoms with Crippen molar-refractivity contribution in [1.82, 2.24) is 10.0 Å². The molecule has 1 aromatic carbocycles. The lowest BCUT2D eigenvalue weighted by molar-refractivity contribution is -0.384. The first-order chi connectivity index (χ1) is 10.9. The van der Waals surface area contributed by atoms with Gasteiger partial charge in [0.15, 0.2) is 0 Å². The Labute approximate surface area is 135 Å². The zero-order chi connectivity index (χ0) is 16.9. The maximum absolute atomic E-state index is 12.6. The molecular weight excluding hydrogens is 322 g/mol. The topological polar surface area (TPSA) is 111 Å². The smallest absolute Gasteiger partial charge is 0.269 e. The summed E-state index contributed by atoms with van der Waals surface area (Å²) in [6, 6.07) is 4.90. The van der Waals surface area contributed by atoms with Crippen LogP contribution in [0.2, 0.25) is 0 Å². The number of nitrogens with one attached hydrogen (secondary N) is 2. The molecule has 1 aromatic rings. The number of sulfonamides is 1. The average molecular weight is 343 g/mol. The summed E-state index contributed by atoms with van der Waals surface area (Å²) in [5.41, 5.74) is -0.693. The van der Waals surface area contributed by atoms with Gasteiger partial charge >= 0.3 is 0 Å². The molecule has 0 amide bonds. The van der Waals surface area contributed by atoms with E-state index in [2.05, 4.69) is 10.0 Å². The number of ether oxygens (including phenoxy) is 1. The van der Waals surface area contributed by atoms with Gasteiger partial charge in [-0.3, -0.25) is 10.1 Å².